The van der Waals surface area contributed by atoms with E-state index in [2.05, 4.69) is 0 Å². The fourth-order valence-corrected chi connectivity index (χ4v) is 3.43. The number of hydrogen-bond acceptors (Lipinski definition) is 2. The van der Waals surface area contributed by atoms with Gasteiger partial charge >= 0.3 is 0 Å². The molecule has 3 aromatic carbocycles. The molecule has 0 saturated carbocycles. The van der Waals surface area contributed by atoms with Gasteiger partial charge in [-0.15, -0.1) is 0 Å². The molecule has 2 heteroatoms. The third-order valence-electron chi connectivity index (χ3n) is 4.71. The highest BCUT2D eigenvalue weighted by Gasteiger charge is 2.46. The van der Waals surface area contributed by atoms with Crippen LogP contribution in [-0.4, -0.2) is 10.9 Å². The van der Waals surface area contributed by atoms with Crippen LogP contribution in [0.25, 0.3) is 11.6 Å². The van der Waals surface area contributed by atoms with Gasteiger partial charge in [-0.2, -0.15) is 0 Å². The molecule has 3 aromatic rings. The summed E-state index contributed by atoms with van der Waals surface area (Å²) in [5, 5.41) is 11.8. The quantitative estimate of drug-likeness (QED) is 0.707. The molecule has 0 bridgehead atoms. The first-order valence-corrected chi connectivity index (χ1v) is 8.56. The summed E-state index contributed by atoms with van der Waals surface area (Å²) >= 11 is 0. The van der Waals surface area contributed by atoms with Gasteiger partial charge in [0, 0.05) is 11.1 Å². The predicted molar refractivity (Wildman–Crippen MR) is 104 cm³/mol. The molecule has 126 valence electrons. The summed E-state index contributed by atoms with van der Waals surface area (Å²) in [6.07, 6.45) is 3.33. The molecule has 26 heavy (non-hydrogen) atoms. The van der Waals surface area contributed by atoms with Crippen LogP contribution in [0.2, 0.25) is 0 Å². The Labute approximate surface area is 152 Å². The first kappa shape index (κ1) is 16.2. The van der Waals surface area contributed by atoms with E-state index in [1.54, 1.807) is 12.2 Å². The summed E-state index contributed by atoms with van der Waals surface area (Å²) < 4.78 is 0. The minimum Gasteiger partial charge on any atom is -0.376 e. The van der Waals surface area contributed by atoms with Crippen LogP contribution in [0, 0.1) is 0 Å². The van der Waals surface area contributed by atoms with Crippen molar-refractivity contribution >= 4 is 17.4 Å². The zero-order valence-corrected chi connectivity index (χ0v) is 14.2. The number of benzene rings is 3. The van der Waals surface area contributed by atoms with Crippen molar-refractivity contribution in [3.63, 3.8) is 0 Å². The first-order valence-electron chi connectivity index (χ1n) is 8.56. The van der Waals surface area contributed by atoms with Crippen LogP contribution in [-0.2, 0) is 10.4 Å². The number of rotatable bonds is 3. The molecule has 1 aliphatic rings. The van der Waals surface area contributed by atoms with E-state index in [0.717, 1.165) is 11.1 Å². The Hall–Kier alpha value is -3.23. The van der Waals surface area contributed by atoms with Gasteiger partial charge < -0.3 is 5.11 Å². The smallest absolute Gasteiger partial charge is 0.185 e. The largest absolute Gasteiger partial charge is 0.376 e. The summed E-state index contributed by atoms with van der Waals surface area (Å²) in [5.74, 6) is -0.168. The van der Waals surface area contributed by atoms with Gasteiger partial charge in [-0.1, -0.05) is 91.0 Å². The van der Waals surface area contributed by atoms with E-state index in [1.807, 2.05) is 91.0 Å². The minimum absolute atomic E-state index is 0.168. The van der Waals surface area contributed by atoms with Crippen molar-refractivity contribution in [3.05, 3.63) is 119 Å². The van der Waals surface area contributed by atoms with Crippen LogP contribution in [0.1, 0.15) is 16.7 Å². The molecule has 0 fully saturated rings. The Balaban J connectivity index is 1.93. The third-order valence-corrected chi connectivity index (χ3v) is 4.71. The number of ketones is 1. The van der Waals surface area contributed by atoms with Crippen molar-refractivity contribution in [3.8, 4) is 0 Å². The average Bonchev–Trinajstić information content (AvgIpc) is 2.96. The molecule has 4 rings (SSSR count). The van der Waals surface area contributed by atoms with E-state index >= 15 is 0 Å². The number of allylic oxidation sites excluding steroid dienone is 1. The second-order valence-corrected chi connectivity index (χ2v) is 6.33. The van der Waals surface area contributed by atoms with Gasteiger partial charge in [0.1, 0.15) is 5.60 Å². The second kappa shape index (κ2) is 6.58. The van der Waals surface area contributed by atoms with E-state index in [1.165, 1.54) is 0 Å². The van der Waals surface area contributed by atoms with E-state index in [4.69, 9.17) is 0 Å². The molecule has 0 aliphatic heterocycles. The number of carbonyl (C=O) groups is 1. The number of carbonyl (C=O) groups excluding carboxylic acids is 1. The van der Waals surface area contributed by atoms with Gasteiger partial charge in [0.25, 0.3) is 0 Å². The molecule has 0 radical (unpaired) electrons. The fraction of sp³-hybridized carbons (Fsp3) is 0.0417. The molecular weight excluding hydrogens is 320 g/mol. The molecule has 0 saturated heterocycles. The third kappa shape index (κ3) is 2.71. The van der Waals surface area contributed by atoms with E-state index in [-0.39, 0.29) is 5.78 Å². The van der Waals surface area contributed by atoms with Gasteiger partial charge in [0.15, 0.2) is 5.78 Å². The Morgan fingerprint density at radius 1 is 0.731 bits per heavy atom. The summed E-state index contributed by atoms with van der Waals surface area (Å²) in [6, 6.07) is 28.5. The van der Waals surface area contributed by atoms with Crippen LogP contribution >= 0.6 is 0 Å². The zero-order valence-electron chi connectivity index (χ0n) is 14.2. The maximum Gasteiger partial charge on any atom is 0.185 e. The molecule has 2 nitrogen and oxygen atoms in total. The van der Waals surface area contributed by atoms with Gasteiger partial charge in [-0.3, -0.25) is 4.79 Å². The Kier molecular flexibility index (Phi) is 4.11. The summed E-state index contributed by atoms with van der Waals surface area (Å²) in [4.78, 5) is 12.8. The van der Waals surface area contributed by atoms with Crippen molar-refractivity contribution < 1.29 is 9.90 Å². The van der Waals surface area contributed by atoms with Crippen LogP contribution < -0.4 is 0 Å². The summed E-state index contributed by atoms with van der Waals surface area (Å²) in [7, 11) is 0. The fourth-order valence-electron chi connectivity index (χ4n) is 3.43. The Morgan fingerprint density at radius 3 is 1.88 bits per heavy atom. The lowest BCUT2D eigenvalue weighted by Crippen LogP contribution is -2.28. The highest BCUT2D eigenvalue weighted by atomic mass is 16.3. The highest BCUT2D eigenvalue weighted by molar-refractivity contribution is 6.20. The van der Waals surface area contributed by atoms with E-state index < -0.39 is 5.60 Å². The van der Waals surface area contributed by atoms with Crippen LogP contribution in [0.15, 0.2) is 103 Å². The molecule has 1 atom stereocenters. The maximum absolute atomic E-state index is 12.8. The standard InChI is InChI=1S/C24H18O2/c25-23-17-21(19-12-6-2-7-13-19)24(26,20-14-8-3-9-15-20)22(23)16-18-10-4-1-5-11-18/h1-17,26H/b22-16+. The van der Waals surface area contributed by atoms with Crippen LogP contribution in [0.5, 0.6) is 0 Å². The molecule has 0 spiro atoms. The zero-order chi connectivity index (χ0) is 18.0. The lowest BCUT2D eigenvalue weighted by Gasteiger charge is -2.29. The summed E-state index contributed by atoms with van der Waals surface area (Å²) in [5.41, 5.74) is 1.90. The monoisotopic (exact) mass is 338 g/mol. The first-order chi connectivity index (χ1) is 12.7. The predicted octanol–water partition coefficient (Wildman–Crippen LogP) is 4.62. The van der Waals surface area contributed by atoms with Crippen molar-refractivity contribution in [2.75, 3.05) is 0 Å². The molecule has 1 aliphatic carbocycles. The molecule has 0 aromatic heterocycles. The number of aliphatic hydroxyl groups is 1. The van der Waals surface area contributed by atoms with Gasteiger partial charge in [-0.05, 0) is 28.8 Å². The molecule has 0 amide bonds. The molecule has 1 unspecified atom stereocenters. The minimum atomic E-state index is -1.48. The normalized spacial score (nSPS) is 21.0. The van der Waals surface area contributed by atoms with Crippen LogP contribution in [0.4, 0.5) is 0 Å². The summed E-state index contributed by atoms with van der Waals surface area (Å²) in [6.45, 7) is 0. The van der Waals surface area contributed by atoms with Crippen molar-refractivity contribution in [2.24, 2.45) is 0 Å². The lowest BCUT2D eigenvalue weighted by molar-refractivity contribution is -0.112. The molecule has 1 N–H and O–H groups in total. The van der Waals surface area contributed by atoms with Crippen molar-refractivity contribution in [1.82, 2.24) is 0 Å². The maximum atomic E-state index is 12.8. The number of hydrogen-bond donors (Lipinski definition) is 1. The molecular formula is C24H18O2. The molecule has 0 heterocycles. The van der Waals surface area contributed by atoms with E-state index in [9.17, 15) is 9.90 Å². The Morgan fingerprint density at radius 2 is 1.27 bits per heavy atom. The SMILES string of the molecule is O=C1C=C(c2ccccc2)C(O)(c2ccccc2)/C1=C/c1ccccc1. The highest BCUT2D eigenvalue weighted by Crippen LogP contribution is 2.47. The van der Waals surface area contributed by atoms with E-state index in [0.29, 0.717) is 16.7 Å². The Bertz CT molecular complexity index is 986. The lowest BCUT2D eigenvalue weighted by atomic mass is 9.80. The van der Waals surface area contributed by atoms with Crippen LogP contribution in [0.3, 0.4) is 0 Å². The average molecular weight is 338 g/mol. The van der Waals surface area contributed by atoms with Gasteiger partial charge in [0.05, 0.1) is 0 Å². The van der Waals surface area contributed by atoms with Crippen molar-refractivity contribution in [1.29, 1.82) is 0 Å². The second-order valence-electron chi connectivity index (χ2n) is 6.33. The van der Waals surface area contributed by atoms with Gasteiger partial charge in [0.2, 0.25) is 0 Å². The van der Waals surface area contributed by atoms with Crippen molar-refractivity contribution in [2.45, 2.75) is 5.60 Å². The topological polar surface area (TPSA) is 37.3 Å². The van der Waals surface area contributed by atoms with Gasteiger partial charge in [-0.25, -0.2) is 0 Å².